The fraction of sp³-hybridized carbons (Fsp3) is 0.400. The van der Waals surface area contributed by atoms with Crippen LogP contribution in [0.25, 0.3) is 43.8 Å². The van der Waals surface area contributed by atoms with E-state index in [-0.39, 0.29) is 30.2 Å². The van der Waals surface area contributed by atoms with Gasteiger partial charge in [-0.15, -0.1) is 68.1 Å². The Kier molecular flexibility index (Phi) is 17.6. The summed E-state index contributed by atoms with van der Waals surface area (Å²) in [5, 5.41) is 5.76. The molecule has 0 N–H and O–H groups in total. The van der Waals surface area contributed by atoms with Crippen LogP contribution in [0.2, 0.25) is 13.1 Å². The van der Waals surface area contributed by atoms with Gasteiger partial charge in [0, 0.05) is 0 Å². The van der Waals surface area contributed by atoms with E-state index in [0.717, 1.165) is 11.8 Å². The van der Waals surface area contributed by atoms with E-state index in [1.54, 1.807) is 34.5 Å². The minimum atomic E-state index is 0. The second kappa shape index (κ2) is 21.3. The first kappa shape index (κ1) is 44.5. The number of aryl methyl sites for hydroxylation is 4. The molecule has 6 aromatic carbocycles. The Balaban J connectivity index is 0.000000212. The molecule has 0 aliphatic heterocycles. The first-order chi connectivity index (χ1) is 25.1. The number of halogens is 2. The summed E-state index contributed by atoms with van der Waals surface area (Å²) < 4.78 is 0. The van der Waals surface area contributed by atoms with Crippen LogP contribution in [-0.2, 0) is 36.2 Å². The molecule has 0 amide bonds. The fourth-order valence-corrected chi connectivity index (χ4v) is 8.66. The zero-order valence-corrected chi connectivity index (χ0v) is 38.6. The van der Waals surface area contributed by atoms with Crippen LogP contribution in [0.15, 0.2) is 97.1 Å². The van der Waals surface area contributed by atoms with Crippen LogP contribution < -0.4 is 24.8 Å². The molecule has 0 heterocycles. The smallest absolute Gasteiger partial charge is 0.0279 e. The average Bonchev–Trinajstić information content (AvgIpc) is 3.76. The molecule has 2 saturated carbocycles. The molecule has 0 saturated heterocycles. The first-order valence-corrected chi connectivity index (χ1v) is 26.4. The minimum Gasteiger partial charge on any atom is -1.00 e. The Morgan fingerprint density at radius 2 is 0.852 bits per heavy atom. The predicted octanol–water partition coefficient (Wildman–Crippen LogP) is 8.72. The molecule has 0 spiro atoms. The van der Waals surface area contributed by atoms with E-state index in [1.807, 2.05) is 0 Å². The maximum atomic E-state index is 2.46. The third-order valence-corrected chi connectivity index (χ3v) is 11.6. The van der Waals surface area contributed by atoms with Crippen molar-refractivity contribution in [2.45, 2.75) is 118 Å². The van der Waals surface area contributed by atoms with Crippen LogP contribution >= 0.6 is 0 Å². The van der Waals surface area contributed by atoms with Gasteiger partial charge in [0.15, 0.2) is 0 Å². The van der Waals surface area contributed by atoms with Crippen molar-refractivity contribution in [3.05, 3.63) is 130 Å². The Hall–Kier alpha value is -2.22. The molecule has 2 fully saturated rings. The van der Waals surface area contributed by atoms with Crippen LogP contribution in [0, 0.1) is 39.5 Å². The second-order valence-electron chi connectivity index (χ2n) is 16.4. The molecular weight excluding hydrogens is 791 g/mol. The summed E-state index contributed by atoms with van der Waals surface area (Å²) in [6, 6.07) is 36.9. The quantitative estimate of drug-likeness (QED) is 0.116. The van der Waals surface area contributed by atoms with Gasteiger partial charge in [0.25, 0.3) is 0 Å². The molecule has 2 aliphatic rings. The van der Waals surface area contributed by atoms with Crippen LogP contribution in [0.3, 0.4) is 0 Å². The Bertz CT molecular complexity index is 1920. The molecule has 6 aromatic rings. The maximum Gasteiger partial charge on any atom is -0.0279 e. The number of hydrogen-bond donors (Lipinski definition) is 0. The van der Waals surface area contributed by atoms with Crippen molar-refractivity contribution in [2.24, 2.45) is 11.8 Å². The van der Waals surface area contributed by atoms with Crippen molar-refractivity contribution in [3.63, 3.8) is 0 Å². The predicted molar refractivity (Wildman–Crippen MR) is 227 cm³/mol. The van der Waals surface area contributed by atoms with Gasteiger partial charge in [-0.3, -0.25) is 0 Å². The molecule has 2 aliphatic carbocycles. The average molecular weight is 851 g/mol. The number of hydrogen-bond acceptors (Lipinski definition) is 0. The molecule has 0 radical (unpaired) electrons. The van der Waals surface area contributed by atoms with E-state index in [9.17, 15) is 0 Å². The first-order valence-electron chi connectivity index (χ1n) is 20.2. The van der Waals surface area contributed by atoms with Gasteiger partial charge in [0.1, 0.15) is 0 Å². The summed E-state index contributed by atoms with van der Waals surface area (Å²) in [7, 11) is 0. The SMILES string of the molecule is C[Si](C)=[Zr+2].Cc1ccc(-c2ccc(C)c3[cH-]c(CC4CCCCC4)cc23)cc1.Cc1ccc(-c2ccc(C)c3[cH-]c(CC4CCCCC4)cc23)cc1.[Cl-].[Cl-]. The van der Waals surface area contributed by atoms with E-state index in [0.29, 0.717) is 0 Å². The third kappa shape index (κ3) is 11.9. The molecule has 284 valence electrons. The van der Waals surface area contributed by atoms with E-state index in [4.69, 9.17) is 0 Å². The monoisotopic (exact) mass is 848 g/mol. The van der Waals surface area contributed by atoms with Crippen LogP contribution in [0.4, 0.5) is 0 Å². The van der Waals surface area contributed by atoms with Gasteiger partial charge in [0.2, 0.25) is 0 Å². The molecule has 0 unspecified atom stereocenters. The van der Waals surface area contributed by atoms with E-state index < -0.39 is 0 Å². The standard InChI is InChI=1S/2C24H27.C2H6Si.2ClH.Zr/c2*1-17-8-11-21(12-9-17)22-13-10-18(2)23-15-20(16-24(22)23)14-19-6-4-3-5-7-19;1-3-2;;;/h2*8-13,15-16,19H,3-7,14H2,1-2H3;1-2H3;2*1H;/q2*-1;;;;+2/p-2. The van der Waals surface area contributed by atoms with Crippen LogP contribution in [0.5, 0.6) is 0 Å². The van der Waals surface area contributed by atoms with Crippen molar-refractivity contribution < 1.29 is 48.1 Å². The summed E-state index contributed by atoms with van der Waals surface area (Å²) in [6.45, 7) is 13.4. The Morgan fingerprint density at radius 1 is 0.519 bits per heavy atom. The Morgan fingerprint density at radius 3 is 1.19 bits per heavy atom. The molecule has 4 heteroatoms. The Labute approximate surface area is 354 Å². The maximum absolute atomic E-state index is 2.46. The van der Waals surface area contributed by atoms with Gasteiger partial charge in [-0.1, -0.05) is 161 Å². The minimum absolute atomic E-state index is 0. The summed E-state index contributed by atoms with van der Waals surface area (Å²) in [5.74, 6) is 1.80. The number of benzene rings is 4. The van der Waals surface area contributed by atoms with E-state index in [2.05, 4.69) is 138 Å². The fourth-order valence-electron chi connectivity index (χ4n) is 8.66. The van der Waals surface area contributed by atoms with Gasteiger partial charge < -0.3 is 24.8 Å². The number of fused-ring (bicyclic) bond motifs is 2. The number of rotatable bonds is 6. The summed E-state index contributed by atoms with van der Waals surface area (Å²) in [5.41, 5.74) is 14.2. The molecule has 0 bridgehead atoms. The second-order valence-corrected chi connectivity index (χ2v) is 25.8. The van der Waals surface area contributed by atoms with Crippen molar-refractivity contribution >= 4 is 27.0 Å². The van der Waals surface area contributed by atoms with Crippen molar-refractivity contribution in [2.75, 3.05) is 0 Å². The van der Waals surface area contributed by atoms with Crippen LogP contribution in [-0.4, -0.2) is 5.43 Å². The molecular formula is C50H60Cl2SiZr-2. The summed E-state index contributed by atoms with van der Waals surface area (Å²) in [6.07, 6.45) is 16.8. The van der Waals surface area contributed by atoms with Gasteiger partial charge in [-0.2, -0.15) is 12.1 Å². The van der Waals surface area contributed by atoms with Gasteiger partial charge in [-0.05, 0) is 49.7 Å². The van der Waals surface area contributed by atoms with E-state index in [1.165, 1.54) is 143 Å². The molecule has 0 atom stereocenters. The van der Waals surface area contributed by atoms with Gasteiger partial charge in [-0.25, -0.2) is 0 Å². The van der Waals surface area contributed by atoms with Gasteiger partial charge >= 0.3 is 41.9 Å². The van der Waals surface area contributed by atoms with Gasteiger partial charge in [0.05, 0.1) is 0 Å². The van der Waals surface area contributed by atoms with E-state index >= 15 is 0 Å². The third-order valence-electron chi connectivity index (χ3n) is 11.6. The molecule has 0 aromatic heterocycles. The molecule has 54 heavy (non-hydrogen) atoms. The zero-order chi connectivity index (χ0) is 36.6. The molecule has 0 nitrogen and oxygen atoms in total. The largest absolute Gasteiger partial charge is 1.00 e. The summed E-state index contributed by atoms with van der Waals surface area (Å²) >= 11 is 1.74. The van der Waals surface area contributed by atoms with Crippen molar-refractivity contribution in [1.82, 2.24) is 0 Å². The normalized spacial score (nSPS) is 14.7. The topological polar surface area (TPSA) is 0 Å². The summed E-state index contributed by atoms with van der Waals surface area (Å²) in [4.78, 5) is 0. The van der Waals surface area contributed by atoms with Crippen LogP contribution in [0.1, 0.15) is 97.6 Å². The van der Waals surface area contributed by atoms with Crippen molar-refractivity contribution in [3.8, 4) is 22.3 Å². The molecule has 8 rings (SSSR count). The van der Waals surface area contributed by atoms with Crippen molar-refractivity contribution in [1.29, 1.82) is 0 Å². The zero-order valence-electron chi connectivity index (χ0n) is 33.6.